The number of likely N-dealkylation sites (tertiary alicyclic amines) is 1. The first-order valence-corrected chi connectivity index (χ1v) is 11.4. The van der Waals surface area contributed by atoms with Crippen molar-refractivity contribution in [1.82, 2.24) is 14.8 Å². The van der Waals surface area contributed by atoms with Gasteiger partial charge in [-0.15, -0.1) is 0 Å². The lowest BCUT2D eigenvalue weighted by molar-refractivity contribution is 0.240. The van der Waals surface area contributed by atoms with E-state index in [0.717, 1.165) is 55.3 Å². The van der Waals surface area contributed by atoms with Crippen molar-refractivity contribution in [3.8, 4) is 11.3 Å². The van der Waals surface area contributed by atoms with E-state index in [9.17, 15) is 9.59 Å². The second kappa shape index (κ2) is 10.5. The van der Waals surface area contributed by atoms with Crippen molar-refractivity contribution in [3.05, 3.63) is 82.5 Å². The van der Waals surface area contributed by atoms with Crippen LogP contribution in [0.25, 0.3) is 11.3 Å². The maximum atomic E-state index is 12.5. The Morgan fingerprint density at radius 2 is 1.84 bits per heavy atom. The molecule has 168 valence electrons. The van der Waals surface area contributed by atoms with E-state index < -0.39 is 11.8 Å². The summed E-state index contributed by atoms with van der Waals surface area (Å²) in [5.41, 5.74) is 3.37. The summed E-state index contributed by atoms with van der Waals surface area (Å²) < 4.78 is 6.43. The highest BCUT2D eigenvalue weighted by molar-refractivity contribution is 5.77. The molecule has 0 radical (unpaired) electrons. The second-order valence-electron chi connectivity index (χ2n) is 8.61. The Morgan fingerprint density at radius 3 is 2.62 bits per heavy atom. The molecule has 1 aromatic heterocycles. The highest BCUT2D eigenvalue weighted by Crippen LogP contribution is 2.30. The summed E-state index contributed by atoms with van der Waals surface area (Å²) in [5, 5.41) is 2.82. The molecule has 4 rings (SSSR count). The Kier molecular flexibility index (Phi) is 7.22. The molecule has 0 aliphatic carbocycles. The number of benzene rings is 2. The molecule has 1 N–H and O–H groups in total. The van der Waals surface area contributed by atoms with E-state index in [1.165, 1.54) is 17.3 Å². The molecule has 1 aliphatic heterocycles. The topological polar surface area (TPSA) is 67.5 Å². The molecule has 2 aromatic carbocycles. The molecule has 6 heteroatoms. The Labute approximate surface area is 188 Å². The van der Waals surface area contributed by atoms with E-state index in [1.54, 1.807) is 0 Å². The van der Waals surface area contributed by atoms with E-state index in [4.69, 9.17) is 4.42 Å². The van der Waals surface area contributed by atoms with Crippen molar-refractivity contribution in [2.24, 2.45) is 0 Å². The summed E-state index contributed by atoms with van der Waals surface area (Å²) in [7, 11) is 2.15. The zero-order chi connectivity index (χ0) is 22.3. The lowest BCUT2D eigenvalue weighted by Gasteiger charge is -2.29. The van der Waals surface area contributed by atoms with Crippen LogP contribution in [0.5, 0.6) is 0 Å². The molecule has 0 bridgehead atoms. The van der Waals surface area contributed by atoms with Crippen LogP contribution in [0.15, 0.2) is 70.0 Å². The Bertz CT molecular complexity index is 1080. The van der Waals surface area contributed by atoms with Crippen LogP contribution < -0.4 is 11.1 Å². The molecule has 32 heavy (non-hydrogen) atoms. The first-order valence-electron chi connectivity index (χ1n) is 11.4. The zero-order valence-corrected chi connectivity index (χ0v) is 18.6. The number of hydrogen-bond acceptors (Lipinski definition) is 4. The maximum absolute atomic E-state index is 12.5. The molecule has 1 fully saturated rings. The summed E-state index contributed by atoms with van der Waals surface area (Å²) in [6.45, 7) is 2.70. The molecule has 0 unspecified atom stereocenters. The zero-order valence-electron chi connectivity index (χ0n) is 18.6. The van der Waals surface area contributed by atoms with Gasteiger partial charge >= 0.3 is 11.8 Å². The number of rotatable bonds is 7. The smallest absolute Gasteiger partial charge is 0.407 e. The lowest BCUT2D eigenvalue weighted by Crippen LogP contribution is -2.34. The molecular formula is C26H31N3O3. The number of aryl methyl sites for hydroxylation is 1. The number of nitrogens with one attached hydrogen (secondary N) is 1. The first kappa shape index (κ1) is 22.1. The van der Waals surface area contributed by atoms with Crippen LogP contribution in [-0.2, 0) is 6.42 Å². The third-order valence-corrected chi connectivity index (χ3v) is 6.23. The number of oxazole rings is 1. The maximum Gasteiger partial charge on any atom is 0.427 e. The number of amides is 1. The Morgan fingerprint density at radius 1 is 1.06 bits per heavy atom. The van der Waals surface area contributed by atoms with Gasteiger partial charge in [0.25, 0.3) is 0 Å². The van der Waals surface area contributed by atoms with Crippen molar-refractivity contribution in [2.75, 3.05) is 26.7 Å². The Balaban J connectivity index is 1.34. The molecule has 1 aliphatic rings. The molecule has 3 aromatic rings. The normalized spacial score (nSPS) is 15.0. The van der Waals surface area contributed by atoms with Crippen molar-refractivity contribution in [3.63, 3.8) is 0 Å². The molecule has 1 saturated heterocycles. The summed E-state index contributed by atoms with van der Waals surface area (Å²) in [6.07, 6.45) is 6.53. The number of carbonyl (C=O) groups is 1. The quantitative estimate of drug-likeness (QED) is 0.557. The fraction of sp³-hybridized carbons (Fsp3) is 0.385. The van der Waals surface area contributed by atoms with E-state index in [-0.39, 0.29) is 0 Å². The molecule has 0 spiro atoms. The highest BCUT2D eigenvalue weighted by Gasteiger charge is 2.20. The minimum Gasteiger partial charge on any atom is -0.407 e. The van der Waals surface area contributed by atoms with Gasteiger partial charge < -0.3 is 14.6 Å². The van der Waals surface area contributed by atoms with Gasteiger partial charge in [0.15, 0.2) is 5.76 Å². The molecule has 1 amide bonds. The van der Waals surface area contributed by atoms with Crippen LogP contribution in [0.1, 0.15) is 42.7 Å². The first-order chi connectivity index (χ1) is 15.6. The number of hydrogen-bond donors (Lipinski definition) is 1. The predicted molar refractivity (Wildman–Crippen MR) is 126 cm³/mol. The number of nitrogens with zero attached hydrogens (tertiary/aromatic N) is 2. The summed E-state index contributed by atoms with van der Waals surface area (Å²) >= 11 is 0. The van der Waals surface area contributed by atoms with Crippen molar-refractivity contribution >= 4 is 6.03 Å². The van der Waals surface area contributed by atoms with Crippen LogP contribution in [-0.4, -0.2) is 42.2 Å². The van der Waals surface area contributed by atoms with Gasteiger partial charge in [-0.3, -0.25) is 0 Å². The highest BCUT2D eigenvalue weighted by atomic mass is 16.4. The van der Waals surface area contributed by atoms with Gasteiger partial charge in [0.05, 0.1) is 6.20 Å². The van der Waals surface area contributed by atoms with Crippen molar-refractivity contribution in [1.29, 1.82) is 0 Å². The molecule has 6 nitrogen and oxygen atoms in total. The fourth-order valence-electron chi connectivity index (χ4n) is 4.28. The number of piperidine rings is 1. The number of unbranched alkanes of at least 4 members (excludes halogenated alkanes) is 1. The number of aromatic nitrogens is 1. The third-order valence-electron chi connectivity index (χ3n) is 6.23. The average molecular weight is 434 g/mol. The minimum atomic E-state index is -0.661. The minimum absolute atomic E-state index is 0.420. The average Bonchev–Trinajstić information content (AvgIpc) is 3.22. The Hall–Kier alpha value is -3.12. The largest absolute Gasteiger partial charge is 0.427 e. The second-order valence-corrected chi connectivity index (χ2v) is 8.61. The van der Waals surface area contributed by atoms with Crippen molar-refractivity contribution < 1.29 is 9.21 Å². The van der Waals surface area contributed by atoms with Gasteiger partial charge in [0.2, 0.25) is 0 Å². The lowest BCUT2D eigenvalue weighted by atomic mass is 9.88. The van der Waals surface area contributed by atoms with Crippen LogP contribution in [0.3, 0.4) is 0 Å². The SMILES string of the molecule is CN1CCC(c2cccc(-c3cn(C(=O)NCCCCc4ccccc4)c(=O)o3)c2)CC1. The van der Waals surface area contributed by atoms with Crippen LogP contribution in [0, 0.1) is 0 Å². The summed E-state index contributed by atoms with van der Waals surface area (Å²) in [6, 6.07) is 18.0. The van der Waals surface area contributed by atoms with Crippen LogP contribution in [0.2, 0.25) is 0 Å². The molecule has 0 saturated carbocycles. The van der Waals surface area contributed by atoms with Crippen LogP contribution >= 0.6 is 0 Å². The summed E-state index contributed by atoms with van der Waals surface area (Å²) in [5.74, 6) is 0.273. The monoisotopic (exact) mass is 433 g/mol. The van der Waals surface area contributed by atoms with Gasteiger partial charge in [-0.1, -0.05) is 48.5 Å². The summed E-state index contributed by atoms with van der Waals surface area (Å²) in [4.78, 5) is 27.1. The standard InChI is InChI=1S/C26H31N3O3/c1-28-16-13-21(14-17-28)22-11-7-12-23(18-22)24-19-29(26(31)32-24)25(30)27-15-6-5-10-20-8-3-2-4-9-20/h2-4,7-9,11-12,18-19,21H,5-6,10,13-17H2,1H3,(H,27,30). The van der Waals surface area contributed by atoms with Crippen molar-refractivity contribution in [2.45, 2.75) is 38.0 Å². The molecule has 0 atom stereocenters. The third kappa shape index (κ3) is 5.56. The van der Waals surface area contributed by atoms with Gasteiger partial charge in [0.1, 0.15) is 0 Å². The van der Waals surface area contributed by atoms with Gasteiger partial charge in [-0.25, -0.2) is 9.59 Å². The predicted octanol–water partition coefficient (Wildman–Crippen LogP) is 4.50. The fourth-order valence-corrected chi connectivity index (χ4v) is 4.28. The number of carbonyl (C=O) groups excluding carboxylic acids is 1. The van der Waals surface area contributed by atoms with E-state index >= 15 is 0 Å². The van der Waals surface area contributed by atoms with E-state index in [2.05, 4.69) is 41.5 Å². The van der Waals surface area contributed by atoms with Gasteiger partial charge in [0, 0.05) is 12.1 Å². The van der Waals surface area contributed by atoms with Gasteiger partial charge in [-0.05, 0) is 75.4 Å². The van der Waals surface area contributed by atoms with E-state index in [1.807, 2.05) is 30.3 Å². The molecule has 2 heterocycles. The van der Waals surface area contributed by atoms with Gasteiger partial charge in [-0.2, -0.15) is 4.57 Å². The van der Waals surface area contributed by atoms with E-state index in [0.29, 0.717) is 18.2 Å². The van der Waals surface area contributed by atoms with Crippen LogP contribution in [0.4, 0.5) is 4.79 Å². The molecular weight excluding hydrogens is 402 g/mol.